The standard InChI is InChI=1S/C13H18N2O2/c16-12(17)8-13(5-3-6-13)10-9-15-7-2-1-4-11(15)14-10/h9H,1-8H2,(H,16,17). The predicted molar refractivity (Wildman–Crippen MR) is 62.9 cm³/mol. The van der Waals surface area contributed by atoms with E-state index in [0.29, 0.717) is 0 Å². The summed E-state index contributed by atoms with van der Waals surface area (Å²) in [6.07, 6.45) is 8.92. The van der Waals surface area contributed by atoms with Crippen LogP contribution >= 0.6 is 0 Å². The fraction of sp³-hybridized carbons (Fsp3) is 0.692. The van der Waals surface area contributed by atoms with Gasteiger partial charge in [-0.05, 0) is 25.7 Å². The van der Waals surface area contributed by atoms with E-state index < -0.39 is 5.97 Å². The molecule has 2 heterocycles. The number of aryl methyl sites for hydroxylation is 2. The van der Waals surface area contributed by atoms with E-state index >= 15 is 0 Å². The van der Waals surface area contributed by atoms with Gasteiger partial charge in [-0.1, -0.05) is 6.42 Å². The summed E-state index contributed by atoms with van der Waals surface area (Å²) in [5.41, 5.74) is 0.874. The topological polar surface area (TPSA) is 55.1 Å². The van der Waals surface area contributed by atoms with Gasteiger partial charge in [0, 0.05) is 24.6 Å². The maximum absolute atomic E-state index is 11.0. The van der Waals surface area contributed by atoms with Gasteiger partial charge in [-0.3, -0.25) is 4.79 Å². The van der Waals surface area contributed by atoms with Gasteiger partial charge < -0.3 is 9.67 Å². The van der Waals surface area contributed by atoms with E-state index in [1.807, 2.05) is 0 Å². The molecule has 0 atom stereocenters. The lowest BCUT2D eigenvalue weighted by molar-refractivity contribution is -0.139. The molecule has 92 valence electrons. The predicted octanol–water partition coefficient (Wildman–Crippen LogP) is 2.12. The molecule has 0 aromatic carbocycles. The third-order valence-corrected chi connectivity index (χ3v) is 4.25. The number of hydrogen-bond donors (Lipinski definition) is 1. The molecule has 1 aromatic heterocycles. The van der Waals surface area contributed by atoms with E-state index in [1.54, 1.807) is 0 Å². The van der Waals surface area contributed by atoms with Crippen molar-refractivity contribution in [1.82, 2.24) is 9.55 Å². The van der Waals surface area contributed by atoms with Crippen LogP contribution < -0.4 is 0 Å². The van der Waals surface area contributed by atoms with Gasteiger partial charge in [0.2, 0.25) is 0 Å². The number of aromatic nitrogens is 2. The molecule has 0 radical (unpaired) electrons. The second-order valence-corrected chi connectivity index (χ2v) is 5.40. The molecule has 4 nitrogen and oxygen atoms in total. The third kappa shape index (κ3) is 1.75. The Labute approximate surface area is 101 Å². The van der Waals surface area contributed by atoms with Crippen molar-refractivity contribution in [1.29, 1.82) is 0 Å². The van der Waals surface area contributed by atoms with Gasteiger partial charge in [-0.15, -0.1) is 0 Å². The van der Waals surface area contributed by atoms with Crippen LogP contribution in [0.3, 0.4) is 0 Å². The Morgan fingerprint density at radius 2 is 2.24 bits per heavy atom. The smallest absolute Gasteiger partial charge is 0.304 e. The van der Waals surface area contributed by atoms with Crippen molar-refractivity contribution in [2.45, 2.75) is 56.9 Å². The quantitative estimate of drug-likeness (QED) is 0.871. The summed E-state index contributed by atoms with van der Waals surface area (Å²) in [7, 11) is 0. The lowest BCUT2D eigenvalue weighted by Crippen LogP contribution is -2.37. The first-order valence-corrected chi connectivity index (χ1v) is 6.48. The number of carbonyl (C=O) groups is 1. The zero-order valence-corrected chi connectivity index (χ0v) is 9.98. The molecule has 0 amide bonds. The Kier molecular flexibility index (Phi) is 2.45. The summed E-state index contributed by atoms with van der Waals surface area (Å²) in [5.74, 6) is 0.457. The second-order valence-electron chi connectivity index (χ2n) is 5.40. The summed E-state index contributed by atoms with van der Waals surface area (Å²) in [6.45, 7) is 1.05. The number of nitrogens with zero attached hydrogens (tertiary/aromatic N) is 2. The molecule has 0 bridgehead atoms. The number of fused-ring (bicyclic) bond motifs is 1. The Bertz CT molecular complexity index is 423. The van der Waals surface area contributed by atoms with Crippen molar-refractivity contribution >= 4 is 5.97 Å². The van der Waals surface area contributed by atoms with Crippen molar-refractivity contribution in [2.75, 3.05) is 0 Å². The maximum Gasteiger partial charge on any atom is 0.304 e. The van der Waals surface area contributed by atoms with Crippen LogP contribution in [0.1, 0.15) is 50.0 Å². The Morgan fingerprint density at radius 3 is 2.82 bits per heavy atom. The molecule has 2 aliphatic rings. The Hall–Kier alpha value is -1.32. The summed E-state index contributed by atoms with van der Waals surface area (Å²) in [6, 6.07) is 0. The van der Waals surface area contributed by atoms with Crippen LogP contribution in [0.25, 0.3) is 0 Å². The highest BCUT2D eigenvalue weighted by molar-refractivity contribution is 5.69. The highest BCUT2D eigenvalue weighted by Gasteiger charge is 2.43. The molecular formula is C13H18N2O2. The van der Waals surface area contributed by atoms with Crippen LogP contribution in [0.2, 0.25) is 0 Å². The first kappa shape index (κ1) is 10.8. The summed E-state index contributed by atoms with van der Waals surface area (Å²) < 4.78 is 2.22. The second kappa shape index (κ2) is 3.86. The zero-order chi connectivity index (χ0) is 11.9. The number of carboxylic acid groups (broad SMARTS) is 1. The van der Waals surface area contributed by atoms with E-state index in [4.69, 9.17) is 10.1 Å². The van der Waals surface area contributed by atoms with Gasteiger partial charge in [0.15, 0.2) is 0 Å². The molecule has 0 spiro atoms. The molecule has 0 unspecified atom stereocenters. The maximum atomic E-state index is 11.0. The van der Waals surface area contributed by atoms with Crippen LogP contribution in [0, 0.1) is 0 Å². The summed E-state index contributed by atoms with van der Waals surface area (Å²) >= 11 is 0. The highest BCUT2D eigenvalue weighted by atomic mass is 16.4. The van der Waals surface area contributed by atoms with Crippen molar-refractivity contribution < 1.29 is 9.90 Å². The number of rotatable bonds is 3. The molecule has 0 saturated heterocycles. The number of hydrogen-bond acceptors (Lipinski definition) is 2. The number of carboxylic acids is 1. The van der Waals surface area contributed by atoms with E-state index in [-0.39, 0.29) is 11.8 Å². The van der Waals surface area contributed by atoms with Crippen molar-refractivity contribution in [3.63, 3.8) is 0 Å². The first-order valence-electron chi connectivity index (χ1n) is 6.48. The molecule has 3 rings (SSSR count). The minimum Gasteiger partial charge on any atom is -0.481 e. The average molecular weight is 234 g/mol. The van der Waals surface area contributed by atoms with Crippen molar-refractivity contribution in [3.8, 4) is 0 Å². The van der Waals surface area contributed by atoms with Crippen LogP contribution in [0.15, 0.2) is 6.20 Å². The molecule has 17 heavy (non-hydrogen) atoms. The van der Waals surface area contributed by atoms with Gasteiger partial charge in [-0.25, -0.2) is 4.98 Å². The minimum absolute atomic E-state index is 0.157. The Morgan fingerprint density at radius 1 is 1.41 bits per heavy atom. The zero-order valence-electron chi connectivity index (χ0n) is 9.98. The van der Waals surface area contributed by atoms with Crippen LogP contribution in [-0.4, -0.2) is 20.6 Å². The molecule has 1 saturated carbocycles. The average Bonchev–Trinajstić information content (AvgIpc) is 2.66. The SMILES string of the molecule is O=C(O)CC1(c2cn3c(n2)CCCC3)CCC1. The van der Waals surface area contributed by atoms with Crippen LogP contribution in [0.5, 0.6) is 0 Å². The number of aliphatic carboxylic acids is 1. The van der Waals surface area contributed by atoms with Gasteiger partial charge in [0.1, 0.15) is 5.82 Å². The van der Waals surface area contributed by atoms with Crippen molar-refractivity contribution in [2.24, 2.45) is 0 Å². The fourth-order valence-electron chi connectivity index (χ4n) is 3.08. The summed E-state index contributed by atoms with van der Waals surface area (Å²) in [4.78, 5) is 15.7. The molecule has 1 aliphatic carbocycles. The molecule has 1 fully saturated rings. The minimum atomic E-state index is -0.698. The van der Waals surface area contributed by atoms with E-state index in [2.05, 4.69) is 10.8 Å². The van der Waals surface area contributed by atoms with E-state index in [1.165, 1.54) is 12.8 Å². The number of imidazole rings is 1. The van der Waals surface area contributed by atoms with E-state index in [0.717, 1.165) is 43.7 Å². The lowest BCUT2D eigenvalue weighted by atomic mass is 9.65. The largest absolute Gasteiger partial charge is 0.481 e. The van der Waals surface area contributed by atoms with Crippen LogP contribution in [0.4, 0.5) is 0 Å². The lowest BCUT2D eigenvalue weighted by Gasteiger charge is -2.39. The molecular weight excluding hydrogens is 216 g/mol. The van der Waals surface area contributed by atoms with Gasteiger partial charge >= 0.3 is 5.97 Å². The van der Waals surface area contributed by atoms with Gasteiger partial charge in [-0.2, -0.15) is 0 Å². The molecule has 1 aromatic rings. The van der Waals surface area contributed by atoms with Gasteiger partial charge in [0.05, 0.1) is 12.1 Å². The third-order valence-electron chi connectivity index (χ3n) is 4.25. The Balaban J connectivity index is 1.91. The first-order chi connectivity index (χ1) is 8.20. The van der Waals surface area contributed by atoms with Crippen LogP contribution in [-0.2, 0) is 23.2 Å². The monoisotopic (exact) mass is 234 g/mol. The summed E-state index contributed by atoms with van der Waals surface area (Å²) in [5, 5.41) is 9.04. The molecule has 4 heteroatoms. The van der Waals surface area contributed by atoms with Crippen molar-refractivity contribution in [3.05, 3.63) is 17.7 Å². The molecule has 1 aliphatic heterocycles. The van der Waals surface area contributed by atoms with Gasteiger partial charge in [0.25, 0.3) is 0 Å². The molecule has 1 N–H and O–H groups in total. The normalized spacial score (nSPS) is 21.6. The fourth-order valence-corrected chi connectivity index (χ4v) is 3.08. The highest BCUT2D eigenvalue weighted by Crippen LogP contribution is 2.46. The van der Waals surface area contributed by atoms with E-state index in [9.17, 15) is 4.79 Å².